The number of aryl methyl sites for hydroxylation is 1. The Hall–Kier alpha value is -1.32. The van der Waals surface area contributed by atoms with E-state index in [2.05, 4.69) is 35.6 Å². The van der Waals surface area contributed by atoms with Crippen molar-refractivity contribution in [2.24, 2.45) is 0 Å². The molecule has 0 heterocycles. The molecule has 0 saturated carbocycles. The van der Waals surface area contributed by atoms with Crippen LogP contribution in [0.25, 0.3) is 0 Å². The molecule has 112 valence electrons. The summed E-state index contributed by atoms with van der Waals surface area (Å²) in [6, 6.07) is 17.9. The molecule has 0 radical (unpaired) electrons. The predicted molar refractivity (Wildman–Crippen MR) is 89.4 cm³/mol. The first-order valence-electron chi connectivity index (χ1n) is 7.37. The monoisotopic (exact) mass is 303 g/mol. The molecule has 21 heavy (non-hydrogen) atoms. The molecule has 0 bridgehead atoms. The molecule has 1 nitrogen and oxygen atoms in total. The van der Waals surface area contributed by atoms with Crippen LogP contribution in [0.15, 0.2) is 59.5 Å². The number of rotatable bonds is 8. The second kappa shape index (κ2) is 8.85. The third-order valence-corrected chi connectivity index (χ3v) is 4.67. The molecule has 1 unspecified atom stereocenters. The molecule has 1 N–H and O–H groups in total. The number of hydrogen-bond donors (Lipinski definition) is 1. The lowest BCUT2D eigenvalue weighted by atomic mass is 10.1. The van der Waals surface area contributed by atoms with Crippen LogP contribution in [0.3, 0.4) is 0 Å². The van der Waals surface area contributed by atoms with Crippen LogP contribution < -0.4 is 5.32 Å². The molecular formula is C18H22FNS. The minimum Gasteiger partial charge on any atom is -0.316 e. The largest absolute Gasteiger partial charge is 0.316 e. The van der Waals surface area contributed by atoms with Crippen molar-refractivity contribution < 1.29 is 4.39 Å². The minimum atomic E-state index is -0.162. The third kappa shape index (κ3) is 5.90. The van der Waals surface area contributed by atoms with Crippen molar-refractivity contribution in [3.05, 3.63) is 66.0 Å². The fourth-order valence-corrected chi connectivity index (χ4v) is 3.36. The summed E-state index contributed by atoms with van der Waals surface area (Å²) in [5.41, 5.74) is 1.39. The molecule has 0 aliphatic heterocycles. The summed E-state index contributed by atoms with van der Waals surface area (Å²) in [5, 5.41) is 3.36. The number of nitrogens with one attached hydrogen (secondary N) is 1. The van der Waals surface area contributed by atoms with Gasteiger partial charge in [0.05, 0.1) is 0 Å². The molecule has 0 fully saturated rings. The van der Waals surface area contributed by atoms with Crippen LogP contribution in [0.1, 0.15) is 18.4 Å². The molecule has 0 aromatic heterocycles. The highest BCUT2D eigenvalue weighted by Gasteiger charge is 2.07. The van der Waals surface area contributed by atoms with E-state index in [1.165, 1.54) is 18.1 Å². The van der Waals surface area contributed by atoms with Crippen LogP contribution >= 0.6 is 11.8 Å². The average molecular weight is 303 g/mol. The number of halogens is 1. The van der Waals surface area contributed by atoms with Gasteiger partial charge in [-0.15, -0.1) is 11.8 Å². The van der Waals surface area contributed by atoms with Gasteiger partial charge in [0.2, 0.25) is 0 Å². The fourth-order valence-electron chi connectivity index (χ4n) is 2.26. The zero-order valence-electron chi connectivity index (χ0n) is 12.4. The molecule has 2 aromatic rings. The molecular weight excluding hydrogens is 281 g/mol. The van der Waals surface area contributed by atoms with Gasteiger partial charge in [0.25, 0.3) is 0 Å². The van der Waals surface area contributed by atoms with E-state index >= 15 is 0 Å². The van der Waals surface area contributed by atoms with Crippen molar-refractivity contribution in [2.75, 3.05) is 12.8 Å². The van der Waals surface area contributed by atoms with Crippen molar-refractivity contribution in [2.45, 2.75) is 30.2 Å². The standard InChI is InChI=1S/C18H22FNS/c1-20-17(11-5-9-15-7-3-2-4-8-15)14-21-18-12-6-10-16(19)13-18/h2-4,6-8,10,12-13,17,20H,5,9,11,14H2,1H3. The Balaban J connectivity index is 1.73. The zero-order chi connectivity index (χ0) is 14.9. The molecule has 0 spiro atoms. The van der Waals surface area contributed by atoms with E-state index in [1.807, 2.05) is 13.1 Å². The third-order valence-electron chi connectivity index (χ3n) is 3.52. The van der Waals surface area contributed by atoms with Gasteiger partial charge in [-0.05, 0) is 50.1 Å². The molecule has 0 saturated heterocycles. The minimum absolute atomic E-state index is 0.162. The van der Waals surface area contributed by atoms with Crippen molar-refractivity contribution in [3.63, 3.8) is 0 Å². The van der Waals surface area contributed by atoms with Gasteiger partial charge in [-0.2, -0.15) is 0 Å². The molecule has 2 aromatic carbocycles. The van der Waals surface area contributed by atoms with Gasteiger partial charge < -0.3 is 5.32 Å². The number of thioether (sulfide) groups is 1. The summed E-state index contributed by atoms with van der Waals surface area (Å²) in [4.78, 5) is 0.998. The highest BCUT2D eigenvalue weighted by Crippen LogP contribution is 2.20. The van der Waals surface area contributed by atoms with E-state index in [0.29, 0.717) is 6.04 Å². The highest BCUT2D eigenvalue weighted by molar-refractivity contribution is 7.99. The number of hydrogen-bond acceptors (Lipinski definition) is 2. The lowest BCUT2D eigenvalue weighted by Crippen LogP contribution is -2.27. The summed E-state index contributed by atoms with van der Waals surface area (Å²) in [6.07, 6.45) is 3.41. The van der Waals surface area contributed by atoms with E-state index in [-0.39, 0.29) is 5.82 Å². The van der Waals surface area contributed by atoms with E-state index in [9.17, 15) is 4.39 Å². The van der Waals surface area contributed by atoms with Gasteiger partial charge in [0.1, 0.15) is 5.82 Å². The topological polar surface area (TPSA) is 12.0 Å². The summed E-state index contributed by atoms with van der Waals surface area (Å²) >= 11 is 1.71. The van der Waals surface area contributed by atoms with Gasteiger partial charge in [0.15, 0.2) is 0 Å². The van der Waals surface area contributed by atoms with Crippen LogP contribution in [0.4, 0.5) is 4.39 Å². The maximum absolute atomic E-state index is 13.1. The van der Waals surface area contributed by atoms with Crippen molar-refractivity contribution >= 4 is 11.8 Å². The summed E-state index contributed by atoms with van der Waals surface area (Å²) in [5.74, 6) is 0.805. The maximum Gasteiger partial charge on any atom is 0.124 e. The second-order valence-electron chi connectivity index (χ2n) is 5.13. The predicted octanol–water partition coefficient (Wildman–Crippen LogP) is 4.53. The van der Waals surface area contributed by atoms with Crippen LogP contribution in [0.5, 0.6) is 0 Å². The summed E-state index contributed by atoms with van der Waals surface area (Å²) < 4.78 is 13.1. The molecule has 0 amide bonds. The Kier molecular flexibility index (Phi) is 6.77. The quantitative estimate of drug-likeness (QED) is 0.719. The van der Waals surface area contributed by atoms with Crippen LogP contribution in [-0.2, 0) is 6.42 Å². The van der Waals surface area contributed by atoms with Crippen LogP contribution in [0.2, 0.25) is 0 Å². The normalized spacial score (nSPS) is 12.3. The first-order chi connectivity index (χ1) is 10.3. The van der Waals surface area contributed by atoms with E-state index in [1.54, 1.807) is 23.9 Å². The lowest BCUT2D eigenvalue weighted by molar-refractivity contribution is 0.548. The Labute approximate surface area is 131 Å². The Morgan fingerprint density at radius 2 is 1.90 bits per heavy atom. The highest BCUT2D eigenvalue weighted by atomic mass is 32.2. The Morgan fingerprint density at radius 3 is 2.62 bits per heavy atom. The fraction of sp³-hybridized carbons (Fsp3) is 0.333. The SMILES string of the molecule is CNC(CCCc1ccccc1)CSc1cccc(F)c1. The first-order valence-corrected chi connectivity index (χ1v) is 8.36. The lowest BCUT2D eigenvalue weighted by Gasteiger charge is -2.15. The summed E-state index contributed by atoms with van der Waals surface area (Å²) in [6.45, 7) is 0. The number of benzene rings is 2. The van der Waals surface area contributed by atoms with Gasteiger partial charge in [-0.1, -0.05) is 36.4 Å². The van der Waals surface area contributed by atoms with Crippen molar-refractivity contribution in [1.82, 2.24) is 5.32 Å². The molecule has 0 aliphatic carbocycles. The van der Waals surface area contributed by atoms with Crippen LogP contribution in [0, 0.1) is 5.82 Å². The van der Waals surface area contributed by atoms with Crippen molar-refractivity contribution in [1.29, 1.82) is 0 Å². The average Bonchev–Trinajstić information content (AvgIpc) is 2.52. The van der Waals surface area contributed by atoms with Crippen LogP contribution in [-0.4, -0.2) is 18.8 Å². The van der Waals surface area contributed by atoms with Gasteiger partial charge in [0, 0.05) is 16.7 Å². The maximum atomic E-state index is 13.1. The Bertz CT molecular complexity index is 530. The van der Waals surface area contributed by atoms with E-state index in [0.717, 1.165) is 23.5 Å². The smallest absolute Gasteiger partial charge is 0.124 e. The Morgan fingerprint density at radius 1 is 1.10 bits per heavy atom. The zero-order valence-corrected chi connectivity index (χ0v) is 13.2. The van der Waals surface area contributed by atoms with Gasteiger partial charge in [-0.3, -0.25) is 0 Å². The van der Waals surface area contributed by atoms with E-state index < -0.39 is 0 Å². The van der Waals surface area contributed by atoms with Gasteiger partial charge in [-0.25, -0.2) is 4.39 Å². The van der Waals surface area contributed by atoms with E-state index in [4.69, 9.17) is 0 Å². The van der Waals surface area contributed by atoms with Crippen molar-refractivity contribution in [3.8, 4) is 0 Å². The second-order valence-corrected chi connectivity index (χ2v) is 6.23. The first kappa shape index (κ1) is 16.1. The molecule has 1 atom stereocenters. The summed E-state index contributed by atoms with van der Waals surface area (Å²) in [7, 11) is 2.00. The molecule has 2 rings (SSSR count). The molecule has 0 aliphatic rings. The van der Waals surface area contributed by atoms with Gasteiger partial charge >= 0.3 is 0 Å². The molecule has 3 heteroatoms.